The highest BCUT2D eigenvalue weighted by Crippen LogP contribution is 2.31. The monoisotopic (exact) mass is 409 g/mol. The molecule has 0 spiro atoms. The van der Waals surface area contributed by atoms with Crippen LogP contribution in [0, 0.1) is 5.82 Å². The number of rotatable bonds is 6. The third-order valence-electron chi connectivity index (χ3n) is 4.22. The molecule has 2 aromatic rings. The van der Waals surface area contributed by atoms with E-state index in [4.69, 9.17) is 38.0 Å². The smallest absolute Gasteiger partial charge is 0.161 e. The minimum Gasteiger partial charge on any atom is -0.490 e. The molecule has 0 saturated carbocycles. The first-order chi connectivity index (χ1) is 13.1. The highest BCUT2D eigenvalue weighted by atomic mass is 35.5. The van der Waals surface area contributed by atoms with Gasteiger partial charge in [0.1, 0.15) is 17.4 Å². The second-order valence-electron chi connectivity index (χ2n) is 5.99. The average Bonchev–Trinajstić information content (AvgIpc) is 2.69. The van der Waals surface area contributed by atoms with Crippen LogP contribution in [0.25, 0.3) is 0 Å². The molecule has 144 valence electrons. The van der Waals surface area contributed by atoms with Gasteiger partial charge < -0.3 is 19.1 Å². The van der Waals surface area contributed by atoms with Crippen molar-refractivity contribution in [3.8, 4) is 11.5 Å². The van der Waals surface area contributed by atoms with Crippen LogP contribution in [-0.4, -0.2) is 42.8 Å². The van der Waals surface area contributed by atoms with Gasteiger partial charge in [-0.1, -0.05) is 29.9 Å². The largest absolute Gasteiger partial charge is 0.490 e. The summed E-state index contributed by atoms with van der Waals surface area (Å²) >= 11 is 11.7. The molecule has 1 fully saturated rings. The maximum absolute atomic E-state index is 13.9. The summed E-state index contributed by atoms with van der Waals surface area (Å²) in [6, 6.07) is 10.1. The van der Waals surface area contributed by atoms with E-state index in [9.17, 15) is 4.39 Å². The fraction of sp³-hybridized carbons (Fsp3) is 0.350. The summed E-state index contributed by atoms with van der Waals surface area (Å²) < 4.78 is 30.8. The summed E-state index contributed by atoms with van der Waals surface area (Å²) in [7, 11) is 0. The van der Waals surface area contributed by atoms with Gasteiger partial charge in [-0.05, 0) is 37.3 Å². The third kappa shape index (κ3) is 4.89. The van der Waals surface area contributed by atoms with Crippen molar-refractivity contribution in [3.05, 3.63) is 58.4 Å². The molecule has 1 aliphatic heterocycles. The van der Waals surface area contributed by atoms with Crippen molar-refractivity contribution < 1.29 is 18.6 Å². The quantitative estimate of drug-likeness (QED) is 0.657. The minimum absolute atomic E-state index is 0.0127. The molecule has 7 heteroatoms. The van der Waals surface area contributed by atoms with Crippen molar-refractivity contribution in [1.29, 1.82) is 0 Å². The topological polar surface area (TPSA) is 30.9 Å². The lowest BCUT2D eigenvalue weighted by molar-refractivity contribution is 0.0693. The molecule has 27 heavy (non-hydrogen) atoms. The van der Waals surface area contributed by atoms with E-state index in [1.807, 2.05) is 19.1 Å². The zero-order chi connectivity index (χ0) is 19.2. The van der Waals surface area contributed by atoms with Gasteiger partial charge in [-0.3, -0.25) is 0 Å². The first kappa shape index (κ1) is 19.9. The van der Waals surface area contributed by atoms with Gasteiger partial charge in [-0.25, -0.2) is 4.39 Å². The SMILES string of the molecule is CCOc1cc(C(=S)N2CCOCC2)ccc1OCc1c(F)cccc1Cl. The molecule has 0 aromatic heterocycles. The Hall–Kier alpha value is -1.89. The van der Waals surface area contributed by atoms with Crippen LogP contribution in [0.4, 0.5) is 4.39 Å². The van der Waals surface area contributed by atoms with Gasteiger partial charge in [0.15, 0.2) is 11.5 Å². The summed E-state index contributed by atoms with van der Waals surface area (Å²) in [5, 5.41) is 0.332. The Morgan fingerprint density at radius 3 is 2.67 bits per heavy atom. The van der Waals surface area contributed by atoms with Crippen LogP contribution in [-0.2, 0) is 11.3 Å². The van der Waals surface area contributed by atoms with E-state index in [2.05, 4.69) is 4.90 Å². The van der Waals surface area contributed by atoms with Gasteiger partial charge in [0, 0.05) is 24.2 Å². The molecule has 1 aliphatic rings. The molecule has 4 nitrogen and oxygen atoms in total. The number of ether oxygens (including phenoxy) is 3. The number of halogens is 2. The Morgan fingerprint density at radius 2 is 1.96 bits per heavy atom. The standard InChI is InChI=1S/C20H21ClFNO3S/c1-2-25-19-12-14(20(27)23-8-10-24-11-9-23)6-7-18(19)26-13-15-16(21)4-3-5-17(15)22/h3-7,12H,2,8-11,13H2,1H3. The Kier molecular flexibility index (Phi) is 6.88. The number of thiocarbonyl (C=S) groups is 1. The highest BCUT2D eigenvalue weighted by molar-refractivity contribution is 7.80. The molecule has 0 radical (unpaired) electrons. The van der Waals surface area contributed by atoms with Crippen LogP contribution in [0.5, 0.6) is 11.5 Å². The highest BCUT2D eigenvalue weighted by Gasteiger charge is 2.17. The zero-order valence-corrected chi connectivity index (χ0v) is 16.6. The second-order valence-corrected chi connectivity index (χ2v) is 6.78. The van der Waals surface area contributed by atoms with Crippen molar-refractivity contribution in [2.75, 3.05) is 32.9 Å². The molecular formula is C20H21ClFNO3S. The molecule has 0 atom stereocenters. The number of morpholine rings is 1. The van der Waals surface area contributed by atoms with Crippen LogP contribution < -0.4 is 9.47 Å². The Bertz CT molecular complexity index is 792. The number of benzene rings is 2. The molecule has 0 unspecified atom stereocenters. The van der Waals surface area contributed by atoms with Crippen molar-refractivity contribution in [3.63, 3.8) is 0 Å². The molecular weight excluding hydrogens is 389 g/mol. The minimum atomic E-state index is -0.398. The Labute approximate surface area is 168 Å². The van der Waals surface area contributed by atoms with Gasteiger partial charge in [0.05, 0.1) is 24.8 Å². The Morgan fingerprint density at radius 1 is 1.19 bits per heavy atom. The zero-order valence-electron chi connectivity index (χ0n) is 15.0. The number of nitrogens with zero attached hydrogens (tertiary/aromatic N) is 1. The normalized spacial score (nSPS) is 14.1. The van der Waals surface area contributed by atoms with Crippen LogP contribution in [0.15, 0.2) is 36.4 Å². The molecule has 0 amide bonds. The lowest BCUT2D eigenvalue weighted by atomic mass is 10.1. The van der Waals surface area contributed by atoms with E-state index in [0.29, 0.717) is 41.9 Å². The molecule has 0 N–H and O–H groups in total. The van der Waals surface area contributed by atoms with Gasteiger partial charge >= 0.3 is 0 Å². The fourth-order valence-electron chi connectivity index (χ4n) is 2.80. The molecule has 1 heterocycles. The van der Waals surface area contributed by atoms with Crippen LogP contribution in [0.2, 0.25) is 5.02 Å². The van der Waals surface area contributed by atoms with Gasteiger partial charge in [-0.2, -0.15) is 0 Å². The van der Waals surface area contributed by atoms with E-state index >= 15 is 0 Å². The number of hydrogen-bond donors (Lipinski definition) is 0. The predicted octanol–water partition coefficient (Wildman–Crippen LogP) is 4.46. The summed E-state index contributed by atoms with van der Waals surface area (Å²) in [6.07, 6.45) is 0. The van der Waals surface area contributed by atoms with Crippen molar-refractivity contribution in [2.24, 2.45) is 0 Å². The van der Waals surface area contributed by atoms with E-state index in [0.717, 1.165) is 23.6 Å². The van der Waals surface area contributed by atoms with Crippen LogP contribution in [0.3, 0.4) is 0 Å². The van der Waals surface area contributed by atoms with Gasteiger partial charge in [-0.15, -0.1) is 0 Å². The van der Waals surface area contributed by atoms with Gasteiger partial charge in [0.2, 0.25) is 0 Å². The molecule has 0 bridgehead atoms. The van der Waals surface area contributed by atoms with Crippen molar-refractivity contribution in [2.45, 2.75) is 13.5 Å². The lowest BCUT2D eigenvalue weighted by Gasteiger charge is -2.29. The number of hydrogen-bond acceptors (Lipinski definition) is 4. The maximum atomic E-state index is 13.9. The Balaban J connectivity index is 1.78. The van der Waals surface area contributed by atoms with Gasteiger partial charge in [0.25, 0.3) is 0 Å². The van der Waals surface area contributed by atoms with E-state index in [1.54, 1.807) is 18.2 Å². The van der Waals surface area contributed by atoms with Crippen molar-refractivity contribution in [1.82, 2.24) is 4.90 Å². The van der Waals surface area contributed by atoms with E-state index in [1.165, 1.54) is 6.07 Å². The van der Waals surface area contributed by atoms with Crippen molar-refractivity contribution >= 4 is 28.8 Å². The summed E-state index contributed by atoms with van der Waals surface area (Å²) in [5.74, 6) is 0.688. The molecule has 0 aliphatic carbocycles. The van der Waals surface area contributed by atoms with Crippen LogP contribution >= 0.6 is 23.8 Å². The van der Waals surface area contributed by atoms with E-state index < -0.39 is 5.82 Å². The molecule has 1 saturated heterocycles. The first-order valence-corrected chi connectivity index (χ1v) is 9.58. The average molecular weight is 410 g/mol. The summed E-state index contributed by atoms with van der Waals surface area (Å²) in [6.45, 7) is 5.26. The summed E-state index contributed by atoms with van der Waals surface area (Å²) in [5.41, 5.74) is 1.20. The first-order valence-electron chi connectivity index (χ1n) is 8.79. The summed E-state index contributed by atoms with van der Waals surface area (Å²) in [4.78, 5) is 2.87. The maximum Gasteiger partial charge on any atom is 0.161 e. The van der Waals surface area contributed by atoms with E-state index in [-0.39, 0.29) is 6.61 Å². The second kappa shape index (κ2) is 9.35. The van der Waals surface area contributed by atoms with Crippen LogP contribution in [0.1, 0.15) is 18.1 Å². The lowest BCUT2D eigenvalue weighted by Crippen LogP contribution is -2.40. The molecule has 2 aromatic carbocycles. The predicted molar refractivity (Wildman–Crippen MR) is 107 cm³/mol. The third-order valence-corrected chi connectivity index (χ3v) is 5.07. The molecule has 3 rings (SSSR count). The fourth-order valence-corrected chi connectivity index (χ4v) is 3.32.